The summed E-state index contributed by atoms with van der Waals surface area (Å²) in [6.07, 6.45) is -4.45. The van der Waals surface area contributed by atoms with Crippen molar-refractivity contribution in [2.24, 2.45) is 0 Å². The number of rotatable bonds is 4. The van der Waals surface area contributed by atoms with Crippen molar-refractivity contribution in [3.8, 4) is 28.5 Å². The topological polar surface area (TPSA) is 43.8 Å². The summed E-state index contributed by atoms with van der Waals surface area (Å²) in [4.78, 5) is 2.81. The Labute approximate surface area is 164 Å². The van der Waals surface area contributed by atoms with Gasteiger partial charge in [0.25, 0.3) is 0 Å². The lowest BCUT2D eigenvalue weighted by Crippen LogP contribution is -2.43. The summed E-state index contributed by atoms with van der Waals surface area (Å²) >= 11 is 0. The highest BCUT2D eigenvalue weighted by Gasteiger charge is 2.32. The second-order valence-electron chi connectivity index (χ2n) is 6.22. The number of para-hydroxylation sites is 1. The third-order valence-corrected chi connectivity index (χ3v) is 4.28. The summed E-state index contributed by atoms with van der Waals surface area (Å²) in [6.45, 7) is 0. The summed E-state index contributed by atoms with van der Waals surface area (Å²) in [7, 11) is 1.55. The monoisotopic (exact) mass is 397 g/mol. The molecule has 0 atom stereocenters. The van der Waals surface area contributed by atoms with Crippen LogP contribution in [-0.2, 0) is 6.18 Å². The van der Waals surface area contributed by atoms with Gasteiger partial charge < -0.3 is 4.74 Å². The van der Waals surface area contributed by atoms with Gasteiger partial charge in [-0.2, -0.15) is 13.2 Å². The minimum Gasteiger partial charge on any atom is -0.497 e. The van der Waals surface area contributed by atoms with Gasteiger partial charge in [-0.25, -0.2) is 0 Å². The van der Waals surface area contributed by atoms with Crippen LogP contribution in [0, 0.1) is 0 Å². The average Bonchev–Trinajstić information content (AvgIpc) is 3.19. The molecule has 0 unspecified atom stereocenters. The van der Waals surface area contributed by atoms with Crippen LogP contribution in [0.3, 0.4) is 0 Å². The normalized spacial score (nSPS) is 11.4. The number of alkyl halides is 3. The molecule has 0 aliphatic carbocycles. The quantitative estimate of drug-likeness (QED) is 0.484. The van der Waals surface area contributed by atoms with E-state index >= 15 is 0 Å². The van der Waals surface area contributed by atoms with Crippen molar-refractivity contribution in [2.75, 3.05) is 7.11 Å². The number of nitrogens with zero attached hydrogens (tertiary/aromatic N) is 4. The van der Waals surface area contributed by atoms with E-state index in [0.29, 0.717) is 22.8 Å². The smallest absolute Gasteiger partial charge is 0.416 e. The third-order valence-electron chi connectivity index (χ3n) is 4.28. The molecular weight excluding hydrogens is 381 g/mol. The first-order valence-corrected chi connectivity index (χ1v) is 8.73. The molecule has 0 aliphatic rings. The molecule has 0 N–H and O–H groups in total. The lowest BCUT2D eigenvalue weighted by Gasteiger charge is -2.07. The molecule has 0 radical (unpaired) electrons. The Morgan fingerprint density at radius 2 is 1.66 bits per heavy atom. The average molecular weight is 397 g/mol. The molecule has 8 heteroatoms. The standard InChI is InChI=1S/C21H16F3N4O/c1-29-19-12-5-7-15(13-19)20-25-27(17-9-3-2-4-10-17)28(26-20)18-11-6-8-16(14-18)21(22,23)24/h2-14H,1H3/q+1. The summed E-state index contributed by atoms with van der Waals surface area (Å²) < 4.78 is 44.8. The second-order valence-corrected chi connectivity index (χ2v) is 6.22. The number of benzene rings is 3. The van der Waals surface area contributed by atoms with Gasteiger partial charge >= 0.3 is 12.0 Å². The molecule has 1 heterocycles. The molecule has 0 fully saturated rings. The van der Waals surface area contributed by atoms with Gasteiger partial charge in [-0.3, -0.25) is 0 Å². The maximum atomic E-state index is 13.2. The third kappa shape index (κ3) is 3.82. The zero-order valence-corrected chi connectivity index (χ0v) is 15.3. The Hall–Kier alpha value is -3.68. The molecule has 0 aliphatic heterocycles. The molecule has 4 rings (SSSR count). The SMILES string of the molecule is COc1cccc(-c2nn(-c3cccc(C(F)(F)F)c3)[n+](-c3ccccc3)n2)c1. The van der Waals surface area contributed by atoms with Gasteiger partial charge in [0, 0.05) is 4.80 Å². The predicted molar refractivity (Wildman–Crippen MR) is 99.9 cm³/mol. The molecule has 0 bridgehead atoms. The van der Waals surface area contributed by atoms with Crippen LogP contribution in [-0.4, -0.2) is 22.1 Å². The molecule has 29 heavy (non-hydrogen) atoms. The van der Waals surface area contributed by atoms with E-state index < -0.39 is 11.7 Å². The first-order chi connectivity index (χ1) is 14.0. The van der Waals surface area contributed by atoms with Crippen LogP contribution in [0.5, 0.6) is 5.75 Å². The van der Waals surface area contributed by atoms with Crippen LogP contribution in [0.2, 0.25) is 0 Å². The van der Waals surface area contributed by atoms with Crippen LogP contribution in [0.1, 0.15) is 5.56 Å². The summed E-state index contributed by atoms with van der Waals surface area (Å²) in [5, 5.41) is 9.00. The zero-order valence-electron chi connectivity index (χ0n) is 15.3. The number of hydrogen-bond donors (Lipinski definition) is 0. The van der Waals surface area contributed by atoms with Crippen molar-refractivity contribution < 1.29 is 22.7 Å². The van der Waals surface area contributed by atoms with Crippen molar-refractivity contribution in [3.05, 3.63) is 84.4 Å². The van der Waals surface area contributed by atoms with Crippen molar-refractivity contribution in [2.45, 2.75) is 6.18 Å². The van der Waals surface area contributed by atoms with E-state index in [0.717, 1.165) is 12.1 Å². The lowest BCUT2D eigenvalue weighted by atomic mass is 10.2. The molecule has 0 spiro atoms. The van der Waals surface area contributed by atoms with E-state index in [1.54, 1.807) is 43.5 Å². The van der Waals surface area contributed by atoms with Gasteiger partial charge in [0.05, 0.1) is 23.3 Å². The highest BCUT2D eigenvalue weighted by molar-refractivity contribution is 5.56. The Morgan fingerprint density at radius 3 is 2.38 bits per heavy atom. The Morgan fingerprint density at radius 1 is 0.897 bits per heavy atom. The highest BCUT2D eigenvalue weighted by atomic mass is 19.4. The van der Waals surface area contributed by atoms with Crippen molar-refractivity contribution in [1.29, 1.82) is 0 Å². The predicted octanol–water partition coefficient (Wildman–Crippen LogP) is 4.24. The number of methoxy groups -OCH3 is 1. The molecule has 0 saturated carbocycles. The molecule has 146 valence electrons. The van der Waals surface area contributed by atoms with E-state index in [1.807, 2.05) is 24.3 Å². The number of hydrogen-bond acceptors (Lipinski definition) is 3. The van der Waals surface area contributed by atoms with Gasteiger partial charge in [-0.15, -0.1) is 0 Å². The van der Waals surface area contributed by atoms with Crippen LogP contribution in [0.25, 0.3) is 22.8 Å². The molecule has 0 amide bonds. The lowest BCUT2D eigenvalue weighted by molar-refractivity contribution is -0.734. The molecule has 1 aromatic heterocycles. The number of aromatic nitrogens is 4. The zero-order chi connectivity index (χ0) is 20.4. The largest absolute Gasteiger partial charge is 0.497 e. The second kappa shape index (κ2) is 7.38. The van der Waals surface area contributed by atoms with Gasteiger partial charge in [0.2, 0.25) is 0 Å². The maximum absolute atomic E-state index is 13.2. The first-order valence-electron chi connectivity index (χ1n) is 8.73. The van der Waals surface area contributed by atoms with Crippen molar-refractivity contribution >= 4 is 0 Å². The van der Waals surface area contributed by atoms with E-state index in [1.165, 1.54) is 15.7 Å². The minimum absolute atomic E-state index is 0.241. The fourth-order valence-electron chi connectivity index (χ4n) is 2.86. The summed E-state index contributed by atoms with van der Waals surface area (Å²) in [5.41, 5.74) is 0.824. The van der Waals surface area contributed by atoms with E-state index in [9.17, 15) is 13.2 Å². The summed E-state index contributed by atoms with van der Waals surface area (Å²) in [6, 6.07) is 21.2. The van der Waals surface area contributed by atoms with Crippen LogP contribution < -0.4 is 9.53 Å². The summed E-state index contributed by atoms with van der Waals surface area (Å²) in [5.74, 6) is 0.981. The van der Waals surface area contributed by atoms with Crippen molar-refractivity contribution in [3.63, 3.8) is 0 Å². The Balaban J connectivity index is 1.90. The maximum Gasteiger partial charge on any atom is 0.416 e. The van der Waals surface area contributed by atoms with Gasteiger partial charge in [-0.1, -0.05) is 30.3 Å². The van der Waals surface area contributed by atoms with Gasteiger partial charge in [-0.05, 0) is 58.4 Å². The molecule has 0 saturated heterocycles. The number of ether oxygens (including phenoxy) is 1. The molecule has 5 nitrogen and oxygen atoms in total. The van der Waals surface area contributed by atoms with Crippen LogP contribution in [0.4, 0.5) is 13.2 Å². The fourth-order valence-corrected chi connectivity index (χ4v) is 2.86. The van der Waals surface area contributed by atoms with E-state index in [-0.39, 0.29) is 5.69 Å². The van der Waals surface area contributed by atoms with Crippen LogP contribution in [0.15, 0.2) is 78.9 Å². The van der Waals surface area contributed by atoms with E-state index in [4.69, 9.17) is 4.74 Å². The van der Waals surface area contributed by atoms with Gasteiger partial charge in [0.15, 0.2) is 5.69 Å². The Bertz CT molecular complexity index is 1140. The highest BCUT2D eigenvalue weighted by Crippen LogP contribution is 2.30. The Kier molecular flexibility index (Phi) is 4.75. The molecule has 3 aromatic carbocycles. The van der Waals surface area contributed by atoms with E-state index in [2.05, 4.69) is 10.2 Å². The molecular formula is C21H16F3N4O+. The van der Waals surface area contributed by atoms with Gasteiger partial charge in [0.1, 0.15) is 11.4 Å². The fraction of sp³-hybridized carbons (Fsp3) is 0.0952. The van der Waals surface area contributed by atoms with Crippen molar-refractivity contribution in [1.82, 2.24) is 15.0 Å². The number of tetrazole rings is 1. The molecule has 4 aromatic rings. The van der Waals surface area contributed by atoms with Crippen LogP contribution >= 0.6 is 0 Å². The number of halogens is 3. The minimum atomic E-state index is -4.45. The first kappa shape index (κ1) is 18.7.